The van der Waals surface area contributed by atoms with E-state index in [9.17, 15) is 14.4 Å². The maximum Gasteiger partial charge on any atom is 0.256 e. The molecule has 0 bridgehead atoms. The summed E-state index contributed by atoms with van der Waals surface area (Å²) in [5.74, 6) is 3.42. The highest BCUT2D eigenvalue weighted by Gasteiger charge is 2.31. The van der Waals surface area contributed by atoms with E-state index < -0.39 is 23.8 Å². The fourth-order valence-corrected chi connectivity index (χ4v) is 4.15. The minimum atomic E-state index is -0.869. The predicted octanol–water partition coefficient (Wildman–Crippen LogP) is 2.79. The van der Waals surface area contributed by atoms with Gasteiger partial charge in [0.2, 0.25) is 11.8 Å². The maximum absolute atomic E-state index is 13.6. The lowest BCUT2D eigenvalue weighted by Gasteiger charge is -2.25. The van der Waals surface area contributed by atoms with Crippen molar-refractivity contribution in [1.29, 1.82) is 0 Å². The van der Waals surface area contributed by atoms with Crippen molar-refractivity contribution in [3.8, 4) is 0 Å². The molecule has 7 heteroatoms. The van der Waals surface area contributed by atoms with E-state index >= 15 is 0 Å². The molecule has 0 aliphatic carbocycles. The summed E-state index contributed by atoms with van der Waals surface area (Å²) in [6, 6.07) is 19.6. The molecule has 6 N–H and O–H groups in total. The second-order valence-corrected chi connectivity index (χ2v) is 8.55. The van der Waals surface area contributed by atoms with Crippen LogP contribution in [0.25, 0.3) is 10.8 Å². The number of hydrogen-bond donors (Lipinski definition) is 4. The minimum absolute atomic E-state index is 0.149. The molecule has 0 aliphatic rings. The minimum Gasteiger partial charge on any atom is -0.366 e. The molecule has 0 saturated heterocycles. The molecular formula is C26H30N4O3. The molecule has 33 heavy (non-hydrogen) atoms. The Morgan fingerprint density at radius 1 is 0.879 bits per heavy atom. The lowest BCUT2D eigenvalue weighted by Crippen LogP contribution is -2.51. The van der Waals surface area contributed by atoms with Gasteiger partial charge in [-0.2, -0.15) is 0 Å². The number of carbonyl (C=O) groups excluding carboxylic acids is 3. The first-order valence-electron chi connectivity index (χ1n) is 11.0. The molecule has 3 rings (SSSR count). The zero-order chi connectivity index (χ0) is 24.0. The predicted molar refractivity (Wildman–Crippen MR) is 129 cm³/mol. The van der Waals surface area contributed by atoms with Crippen LogP contribution in [-0.4, -0.2) is 23.8 Å². The third kappa shape index (κ3) is 5.75. The molecule has 3 amide bonds. The number of primary amides is 1. The van der Waals surface area contributed by atoms with E-state index in [-0.39, 0.29) is 18.2 Å². The third-order valence-electron chi connectivity index (χ3n) is 5.67. The normalized spacial score (nSPS) is 12.8. The number of fused-ring (bicyclic) bond motifs is 1. The first-order valence-corrected chi connectivity index (χ1v) is 11.0. The van der Waals surface area contributed by atoms with Crippen LogP contribution >= 0.6 is 0 Å². The van der Waals surface area contributed by atoms with Crippen LogP contribution in [0.3, 0.4) is 0 Å². The highest BCUT2D eigenvalue weighted by molar-refractivity contribution is 6.04. The monoisotopic (exact) mass is 446 g/mol. The van der Waals surface area contributed by atoms with Gasteiger partial charge in [0, 0.05) is 12.0 Å². The molecule has 0 unspecified atom stereocenters. The Morgan fingerprint density at radius 3 is 2.18 bits per heavy atom. The zero-order valence-electron chi connectivity index (χ0n) is 18.9. The number of nitrogens with two attached hydrogens (primary N) is 2. The smallest absolute Gasteiger partial charge is 0.256 e. The van der Waals surface area contributed by atoms with Crippen LogP contribution in [0.15, 0.2) is 66.7 Å². The van der Waals surface area contributed by atoms with Crippen LogP contribution in [0.4, 0.5) is 0 Å². The summed E-state index contributed by atoms with van der Waals surface area (Å²) in [4.78, 5) is 38.4. The van der Waals surface area contributed by atoms with Crippen LogP contribution in [0.2, 0.25) is 0 Å². The standard InChI is InChI=1S/C26H30N4O3/c1-16(2)14-21(23-19-11-7-6-10-18(19)12-13-20(23)24(27)31)25(32)29-22(26(33)30-28)15-17-8-4-3-5-9-17/h3-13,16,21-22H,14-15,28H2,1-2H3,(H2,27,31)(H,29,32)(H,30,33)/t21-,22-/m0/s1. The molecule has 0 saturated carbocycles. The second kappa shape index (κ2) is 10.7. The van der Waals surface area contributed by atoms with Crippen molar-refractivity contribution in [3.05, 3.63) is 83.4 Å². The van der Waals surface area contributed by atoms with Gasteiger partial charge in [-0.3, -0.25) is 19.8 Å². The Morgan fingerprint density at radius 2 is 1.55 bits per heavy atom. The average Bonchev–Trinajstić information content (AvgIpc) is 2.81. The first-order chi connectivity index (χ1) is 15.8. The Bertz CT molecular complexity index is 1140. The van der Waals surface area contributed by atoms with Gasteiger partial charge >= 0.3 is 0 Å². The van der Waals surface area contributed by atoms with Gasteiger partial charge in [-0.15, -0.1) is 0 Å². The van der Waals surface area contributed by atoms with Crippen molar-refractivity contribution in [3.63, 3.8) is 0 Å². The zero-order valence-corrected chi connectivity index (χ0v) is 18.9. The van der Waals surface area contributed by atoms with Gasteiger partial charge in [0.05, 0.1) is 5.92 Å². The van der Waals surface area contributed by atoms with E-state index in [1.165, 1.54) is 0 Å². The van der Waals surface area contributed by atoms with E-state index in [4.69, 9.17) is 11.6 Å². The van der Waals surface area contributed by atoms with Gasteiger partial charge in [-0.25, -0.2) is 5.84 Å². The van der Waals surface area contributed by atoms with E-state index in [1.807, 2.05) is 74.5 Å². The number of amides is 3. The largest absolute Gasteiger partial charge is 0.366 e. The molecule has 2 atom stereocenters. The Labute approximate surface area is 193 Å². The Kier molecular flexibility index (Phi) is 7.79. The summed E-state index contributed by atoms with van der Waals surface area (Å²) in [5, 5.41) is 4.56. The average molecular weight is 447 g/mol. The summed E-state index contributed by atoms with van der Waals surface area (Å²) in [5.41, 5.74) is 9.61. The fourth-order valence-electron chi connectivity index (χ4n) is 4.15. The van der Waals surface area contributed by atoms with Crippen molar-refractivity contribution in [2.24, 2.45) is 17.5 Å². The fraction of sp³-hybridized carbons (Fsp3) is 0.269. The molecule has 7 nitrogen and oxygen atoms in total. The Hall–Kier alpha value is -3.71. The molecule has 0 heterocycles. The van der Waals surface area contributed by atoms with E-state index in [0.29, 0.717) is 17.5 Å². The van der Waals surface area contributed by atoms with Gasteiger partial charge in [-0.05, 0) is 40.3 Å². The van der Waals surface area contributed by atoms with Crippen LogP contribution in [0.1, 0.15) is 47.7 Å². The summed E-state index contributed by atoms with van der Waals surface area (Å²) in [6.07, 6.45) is 0.755. The first kappa shape index (κ1) is 23.9. The highest BCUT2D eigenvalue weighted by Crippen LogP contribution is 2.33. The lowest BCUT2D eigenvalue weighted by atomic mass is 9.83. The van der Waals surface area contributed by atoms with Gasteiger partial charge in [0.25, 0.3) is 5.91 Å². The topological polar surface area (TPSA) is 127 Å². The van der Waals surface area contributed by atoms with Crippen LogP contribution in [0.5, 0.6) is 0 Å². The molecule has 0 spiro atoms. The summed E-state index contributed by atoms with van der Waals surface area (Å²) in [6.45, 7) is 4.01. The van der Waals surface area contributed by atoms with Crippen molar-refractivity contribution >= 4 is 28.5 Å². The molecule has 0 radical (unpaired) electrons. The van der Waals surface area contributed by atoms with Gasteiger partial charge in [-0.1, -0.05) is 74.5 Å². The molecular weight excluding hydrogens is 416 g/mol. The highest BCUT2D eigenvalue weighted by atomic mass is 16.2. The Balaban J connectivity index is 2.04. The lowest BCUT2D eigenvalue weighted by molar-refractivity contribution is -0.130. The number of hydrazine groups is 1. The number of nitrogens with one attached hydrogen (secondary N) is 2. The number of rotatable bonds is 9. The van der Waals surface area contributed by atoms with Crippen molar-refractivity contribution in [1.82, 2.24) is 10.7 Å². The molecule has 0 aromatic heterocycles. The quantitative estimate of drug-likeness (QED) is 0.229. The second-order valence-electron chi connectivity index (χ2n) is 8.55. The van der Waals surface area contributed by atoms with Crippen molar-refractivity contribution in [2.45, 2.75) is 38.6 Å². The van der Waals surface area contributed by atoms with Gasteiger partial charge < -0.3 is 11.1 Å². The van der Waals surface area contributed by atoms with Crippen LogP contribution < -0.4 is 22.3 Å². The summed E-state index contributed by atoms with van der Waals surface area (Å²) < 4.78 is 0. The van der Waals surface area contributed by atoms with Gasteiger partial charge in [0.1, 0.15) is 6.04 Å². The summed E-state index contributed by atoms with van der Waals surface area (Å²) >= 11 is 0. The third-order valence-corrected chi connectivity index (χ3v) is 5.67. The van der Waals surface area contributed by atoms with E-state index in [1.54, 1.807) is 6.07 Å². The maximum atomic E-state index is 13.6. The molecule has 3 aromatic rings. The van der Waals surface area contributed by atoms with E-state index in [2.05, 4.69) is 10.7 Å². The molecule has 0 aliphatic heterocycles. The molecule has 3 aromatic carbocycles. The van der Waals surface area contributed by atoms with Crippen molar-refractivity contribution in [2.75, 3.05) is 0 Å². The van der Waals surface area contributed by atoms with Crippen molar-refractivity contribution < 1.29 is 14.4 Å². The molecule has 0 fully saturated rings. The molecule has 172 valence electrons. The SMILES string of the molecule is CC(C)C[C@H](C(=O)N[C@@H](Cc1ccccc1)C(=O)NN)c1c(C(N)=O)ccc2ccccc12. The summed E-state index contributed by atoms with van der Waals surface area (Å²) in [7, 11) is 0. The van der Waals surface area contributed by atoms with Crippen LogP contribution in [0, 0.1) is 5.92 Å². The number of carbonyl (C=O) groups is 3. The van der Waals surface area contributed by atoms with E-state index in [0.717, 1.165) is 16.3 Å². The van der Waals surface area contributed by atoms with Gasteiger partial charge in [0.15, 0.2) is 0 Å². The number of benzene rings is 3. The van der Waals surface area contributed by atoms with Crippen LogP contribution in [-0.2, 0) is 16.0 Å². The number of hydrogen-bond acceptors (Lipinski definition) is 4.